The average molecular weight is 234 g/mol. The zero-order chi connectivity index (χ0) is 12.9. The summed E-state index contributed by atoms with van der Waals surface area (Å²) < 4.78 is 0. The molecule has 3 aromatic rings. The van der Waals surface area contributed by atoms with Gasteiger partial charge in [0, 0.05) is 0 Å². The van der Waals surface area contributed by atoms with Crippen LogP contribution in [-0.4, -0.2) is 0 Å². The highest BCUT2D eigenvalue weighted by molar-refractivity contribution is 7.79. The molecule has 0 spiro atoms. The first-order chi connectivity index (χ1) is 9.45. The molecule has 0 fully saturated rings. The van der Waals surface area contributed by atoms with E-state index in [1.165, 1.54) is 15.9 Å². The van der Waals surface area contributed by atoms with Crippen LogP contribution < -0.4 is 15.9 Å². The maximum absolute atomic E-state index is 2.23. The van der Waals surface area contributed by atoms with Gasteiger partial charge < -0.3 is 0 Å². The van der Waals surface area contributed by atoms with E-state index in [-0.39, 0.29) is 0 Å². The minimum atomic E-state index is -0.446. The van der Waals surface area contributed by atoms with Crippen LogP contribution >= 0.6 is 7.92 Å². The van der Waals surface area contributed by atoms with Gasteiger partial charge in [0.15, 0.2) is 0 Å². The van der Waals surface area contributed by atoms with Gasteiger partial charge in [-0.15, -0.1) is 0 Å². The van der Waals surface area contributed by atoms with Crippen molar-refractivity contribution in [3.8, 4) is 0 Å². The van der Waals surface area contributed by atoms with Crippen LogP contribution in [0.1, 0.15) is 0 Å². The summed E-state index contributed by atoms with van der Waals surface area (Å²) in [6.07, 6.45) is 0. The third kappa shape index (κ3) is 2.75. The van der Waals surface area contributed by atoms with Gasteiger partial charge in [-0.1, -0.05) is 91.0 Å². The van der Waals surface area contributed by atoms with Gasteiger partial charge in [-0.05, 0) is 23.8 Å². The lowest BCUT2D eigenvalue weighted by molar-refractivity contribution is 1.74. The molecule has 0 aliphatic carbocycles. The van der Waals surface area contributed by atoms with Crippen LogP contribution in [0.2, 0.25) is 0 Å². The molecule has 0 N–H and O–H groups in total. The Morgan fingerprint density at radius 2 is 0.632 bits per heavy atom. The lowest BCUT2D eigenvalue weighted by atomic mass is 2.67. The fourth-order valence-corrected chi connectivity index (χ4v) is 4.48. The summed E-state index contributed by atoms with van der Waals surface area (Å²) in [5.41, 5.74) is 0. The lowest BCUT2D eigenvalue weighted by Crippen LogP contribution is -2.20. The molecule has 0 unspecified atom stereocenters. The van der Waals surface area contributed by atoms with E-state index < -0.39 is 7.92 Å². The minimum Gasteiger partial charge on any atom is -0.0622 e. The normalized spacial score (nSPS) is 10.6. The average Bonchev–Trinajstić information content (AvgIpc) is 2.51. The van der Waals surface area contributed by atoms with Crippen molar-refractivity contribution >= 4 is 23.8 Å². The number of benzene rings is 3. The third-order valence-electron chi connectivity index (χ3n) is 3.04. The van der Waals surface area contributed by atoms with E-state index in [9.17, 15) is 0 Å². The number of rotatable bonds is 3. The molecule has 0 saturated carbocycles. The molecular weight excluding hydrogens is 219 g/mol. The van der Waals surface area contributed by atoms with E-state index >= 15 is 0 Å². The molecule has 0 nitrogen and oxygen atoms in total. The molecule has 0 bridgehead atoms. The van der Waals surface area contributed by atoms with Crippen molar-refractivity contribution in [3.05, 3.63) is 91.0 Å². The molecule has 1 heteroatoms. The van der Waals surface area contributed by atoms with E-state index in [0.717, 1.165) is 0 Å². The van der Waals surface area contributed by atoms with Gasteiger partial charge in [0.25, 0.3) is 0 Å². The molecular formula is C18H15P. The van der Waals surface area contributed by atoms with E-state index in [0.29, 0.717) is 0 Å². The summed E-state index contributed by atoms with van der Waals surface area (Å²) in [6, 6.07) is 32.3. The Hall–Kier alpha value is -1.91. The lowest BCUT2D eigenvalue weighted by Gasteiger charge is -2.18. The smallest absolute Gasteiger partial charge is 0.0134 e. The first kappa shape index (κ1) is 12.1. The maximum Gasteiger partial charge on any atom is -0.0134 e. The number of hydrogen-bond donors (Lipinski definition) is 0. The van der Waals surface area contributed by atoms with Crippen molar-refractivity contribution < 1.29 is 0 Å². The van der Waals surface area contributed by atoms with E-state index in [4.69, 9.17) is 0 Å². The highest BCUT2D eigenvalue weighted by atomic mass is 13.7. The Morgan fingerprint density at radius 3 is 0.895 bits per heavy atom. The molecule has 3 rings (SSSR count). The van der Waals surface area contributed by atoms with Crippen molar-refractivity contribution in [2.45, 2.75) is 0 Å². The summed E-state index contributed by atoms with van der Waals surface area (Å²) in [4.78, 5) is 0. The third-order valence-corrected chi connectivity index (χ3v) is 5.49. The molecule has 0 amide bonds. The fourth-order valence-electron chi connectivity index (χ4n) is 2.18. The first-order valence-electron chi connectivity index (χ1n) is 6.40. The highest BCUT2D eigenvalue weighted by Gasteiger charge is 2.14. The zero-order valence-corrected chi connectivity index (χ0v) is 11.5. The molecule has 0 aliphatic rings. The molecule has 0 aliphatic heterocycles. The largest absolute Gasteiger partial charge is 0.0622 e. The Morgan fingerprint density at radius 1 is 0.368 bits per heavy atom. The standard InChI is InChI=1S/C18H15P/c1-4-10-16(11-5-1)19(17-12-6-2-7-13-17)18-14-8-3-9-15-18/h1-15H/i19-28. The molecule has 0 atom stereocenters. The Balaban J connectivity index is 2.12. The highest BCUT2D eigenvalue weighted by Crippen LogP contribution is 2.32. The van der Waals surface area contributed by atoms with Crippen molar-refractivity contribution in [2.75, 3.05) is 0 Å². The predicted molar refractivity (Wildman–Crippen MR) is 85.1 cm³/mol. The monoisotopic (exact) mass is 234 g/mol. The molecule has 19 heavy (non-hydrogen) atoms. The zero-order valence-electron chi connectivity index (χ0n) is 10.6. The Labute approximate surface area is 115 Å². The van der Waals surface area contributed by atoms with Crippen LogP contribution in [0.15, 0.2) is 91.0 Å². The van der Waals surface area contributed by atoms with Gasteiger partial charge in [-0.25, -0.2) is 0 Å². The number of hydrogen-bond acceptors (Lipinski definition) is 0. The van der Waals surface area contributed by atoms with Crippen LogP contribution in [0.3, 0.4) is 0 Å². The van der Waals surface area contributed by atoms with E-state index in [2.05, 4.69) is 91.0 Å². The van der Waals surface area contributed by atoms with Crippen molar-refractivity contribution in [1.82, 2.24) is 0 Å². The molecule has 0 aromatic heterocycles. The van der Waals surface area contributed by atoms with Crippen LogP contribution in [0.4, 0.5) is 0 Å². The predicted octanol–water partition coefficient (Wildman–Crippen LogP) is 3.44. The molecule has 0 heterocycles. The van der Waals surface area contributed by atoms with Gasteiger partial charge in [-0.2, -0.15) is 0 Å². The second-order valence-corrected chi connectivity index (χ2v) is 6.56. The molecule has 0 saturated heterocycles. The van der Waals surface area contributed by atoms with E-state index in [1.54, 1.807) is 0 Å². The van der Waals surface area contributed by atoms with Crippen molar-refractivity contribution in [2.24, 2.45) is 0 Å². The second kappa shape index (κ2) is 5.82. The topological polar surface area (TPSA) is 0 Å². The van der Waals surface area contributed by atoms with Crippen molar-refractivity contribution in [3.63, 3.8) is 0 Å². The summed E-state index contributed by atoms with van der Waals surface area (Å²) in [5.74, 6) is 0. The van der Waals surface area contributed by atoms with Crippen LogP contribution in [0.25, 0.3) is 0 Å². The molecule has 3 aromatic carbocycles. The van der Waals surface area contributed by atoms with Crippen molar-refractivity contribution in [1.29, 1.82) is 0 Å². The summed E-state index contributed by atoms with van der Waals surface area (Å²) >= 11 is 0. The van der Waals surface area contributed by atoms with Gasteiger partial charge >= 0.3 is 0 Å². The molecule has 92 valence electrons. The van der Waals surface area contributed by atoms with E-state index in [1.807, 2.05) is 0 Å². The molecule has 0 radical (unpaired) electrons. The summed E-state index contributed by atoms with van der Waals surface area (Å²) in [7, 11) is -0.446. The second-order valence-electron chi connectivity index (χ2n) is 4.34. The van der Waals surface area contributed by atoms with Crippen LogP contribution in [0, 0.1) is 0 Å². The summed E-state index contributed by atoms with van der Waals surface area (Å²) in [6.45, 7) is 0. The summed E-state index contributed by atoms with van der Waals surface area (Å²) in [5, 5.41) is 4.19. The first-order valence-corrected chi connectivity index (χ1v) is 7.74. The quantitative estimate of drug-likeness (QED) is 0.609. The van der Waals surface area contributed by atoms with Gasteiger partial charge in [0.05, 0.1) is 0 Å². The van der Waals surface area contributed by atoms with Gasteiger partial charge in [-0.3, -0.25) is 0 Å². The Bertz CT molecular complexity index is 524. The minimum absolute atomic E-state index is 0.446. The van der Waals surface area contributed by atoms with Crippen LogP contribution in [0.5, 0.6) is 0 Å². The van der Waals surface area contributed by atoms with Gasteiger partial charge in [0.2, 0.25) is 0 Å². The van der Waals surface area contributed by atoms with Gasteiger partial charge in [0.1, 0.15) is 0 Å². The maximum atomic E-state index is 2.23. The van der Waals surface area contributed by atoms with Crippen LogP contribution in [-0.2, 0) is 0 Å². The fraction of sp³-hybridized carbons (Fsp3) is 0. The SMILES string of the molecule is c1ccc([3P](c2ccccc2)c2ccccc2)cc1. The Kier molecular flexibility index (Phi) is 3.72.